The number of carbonyl (C=O) groups is 1. The van der Waals surface area contributed by atoms with Crippen molar-refractivity contribution in [2.45, 2.75) is 6.54 Å². The maximum absolute atomic E-state index is 13.3. The average molecular weight is 271 g/mol. The van der Waals surface area contributed by atoms with Gasteiger partial charge >= 0.3 is 0 Å². The zero-order valence-corrected chi connectivity index (χ0v) is 10.8. The number of carbonyl (C=O) groups excluding carboxylic acids is 1. The van der Waals surface area contributed by atoms with E-state index in [0.717, 1.165) is 11.4 Å². The second-order valence-corrected chi connectivity index (χ2v) is 4.76. The summed E-state index contributed by atoms with van der Waals surface area (Å²) in [7, 11) is 0. The van der Waals surface area contributed by atoms with Gasteiger partial charge in [0.2, 0.25) is 5.91 Å². The van der Waals surface area contributed by atoms with E-state index in [-0.39, 0.29) is 18.3 Å². The predicted molar refractivity (Wildman–Crippen MR) is 76.9 cm³/mol. The zero-order chi connectivity index (χ0) is 14.1. The minimum atomic E-state index is -0.330. The first-order valence-electron chi connectivity index (χ1n) is 6.31. The third-order valence-electron chi connectivity index (χ3n) is 3.32. The Kier molecular flexibility index (Phi) is 3.02. The quantitative estimate of drug-likeness (QED) is 0.824. The van der Waals surface area contributed by atoms with Crippen molar-refractivity contribution in [1.29, 1.82) is 0 Å². The molecule has 0 fully saturated rings. The van der Waals surface area contributed by atoms with Crippen LogP contribution in [0.15, 0.2) is 42.5 Å². The SMILES string of the molecule is Nc1ccc(F)cc1CN1CC(=O)Nc2ccccc21. The van der Waals surface area contributed by atoms with Crippen molar-refractivity contribution >= 4 is 23.0 Å². The minimum Gasteiger partial charge on any atom is -0.398 e. The summed E-state index contributed by atoms with van der Waals surface area (Å²) in [4.78, 5) is 13.6. The highest BCUT2D eigenvalue weighted by Gasteiger charge is 2.22. The summed E-state index contributed by atoms with van der Waals surface area (Å²) in [6.45, 7) is 0.626. The predicted octanol–water partition coefficient (Wildman–Crippen LogP) is 2.37. The molecule has 0 bridgehead atoms. The first-order chi connectivity index (χ1) is 9.63. The number of fused-ring (bicyclic) bond motifs is 1. The second-order valence-electron chi connectivity index (χ2n) is 4.76. The Morgan fingerprint density at radius 2 is 2.05 bits per heavy atom. The molecule has 1 amide bonds. The maximum Gasteiger partial charge on any atom is 0.243 e. The Bertz CT molecular complexity index is 672. The lowest BCUT2D eigenvalue weighted by molar-refractivity contribution is -0.115. The number of hydrogen-bond acceptors (Lipinski definition) is 3. The third-order valence-corrected chi connectivity index (χ3v) is 3.32. The molecule has 0 spiro atoms. The van der Waals surface area contributed by atoms with Gasteiger partial charge in [0.05, 0.1) is 17.9 Å². The zero-order valence-electron chi connectivity index (χ0n) is 10.8. The van der Waals surface area contributed by atoms with Gasteiger partial charge in [0.15, 0.2) is 0 Å². The number of para-hydroxylation sites is 2. The Morgan fingerprint density at radius 1 is 1.25 bits per heavy atom. The third kappa shape index (κ3) is 2.30. The van der Waals surface area contributed by atoms with Crippen LogP contribution in [0, 0.1) is 5.82 Å². The lowest BCUT2D eigenvalue weighted by atomic mass is 10.1. The van der Waals surface area contributed by atoms with E-state index < -0.39 is 0 Å². The van der Waals surface area contributed by atoms with Gasteiger partial charge in [0.1, 0.15) is 5.82 Å². The Balaban J connectivity index is 1.95. The summed E-state index contributed by atoms with van der Waals surface area (Å²) in [6, 6.07) is 11.8. The van der Waals surface area contributed by atoms with Gasteiger partial charge in [-0.15, -0.1) is 0 Å². The Hall–Kier alpha value is -2.56. The van der Waals surface area contributed by atoms with Crippen LogP contribution in [0.3, 0.4) is 0 Å². The fourth-order valence-corrected chi connectivity index (χ4v) is 2.36. The summed E-state index contributed by atoms with van der Waals surface area (Å²) < 4.78 is 13.3. The van der Waals surface area contributed by atoms with Gasteiger partial charge in [-0.3, -0.25) is 4.79 Å². The van der Waals surface area contributed by atoms with Crippen LogP contribution in [-0.4, -0.2) is 12.5 Å². The van der Waals surface area contributed by atoms with E-state index in [2.05, 4.69) is 5.32 Å². The van der Waals surface area contributed by atoms with Crippen molar-refractivity contribution in [3.05, 3.63) is 53.8 Å². The van der Waals surface area contributed by atoms with E-state index >= 15 is 0 Å². The minimum absolute atomic E-state index is 0.0846. The van der Waals surface area contributed by atoms with Gasteiger partial charge < -0.3 is 16.0 Å². The standard InChI is InChI=1S/C15H14FN3O/c16-11-5-6-12(17)10(7-11)8-19-9-15(20)18-13-3-1-2-4-14(13)19/h1-7H,8-9,17H2,(H,18,20). The fourth-order valence-electron chi connectivity index (χ4n) is 2.36. The van der Waals surface area contributed by atoms with Crippen LogP contribution in [0.25, 0.3) is 0 Å². The smallest absolute Gasteiger partial charge is 0.243 e. The Labute approximate surface area is 116 Å². The largest absolute Gasteiger partial charge is 0.398 e. The van der Waals surface area contributed by atoms with E-state index in [1.165, 1.54) is 12.1 Å². The average Bonchev–Trinajstić information content (AvgIpc) is 2.43. The van der Waals surface area contributed by atoms with E-state index in [4.69, 9.17) is 5.73 Å². The molecule has 0 aliphatic carbocycles. The number of nitrogens with zero attached hydrogens (tertiary/aromatic N) is 1. The van der Waals surface area contributed by atoms with Gasteiger partial charge in [0, 0.05) is 12.2 Å². The normalized spacial score (nSPS) is 13.8. The molecule has 20 heavy (non-hydrogen) atoms. The van der Waals surface area contributed by atoms with Crippen LogP contribution in [0.1, 0.15) is 5.56 Å². The lowest BCUT2D eigenvalue weighted by Gasteiger charge is -2.31. The molecule has 0 aromatic heterocycles. The molecule has 2 aromatic carbocycles. The number of benzene rings is 2. The van der Waals surface area contributed by atoms with Gasteiger partial charge in [-0.25, -0.2) is 4.39 Å². The number of amides is 1. The summed E-state index contributed by atoms with van der Waals surface area (Å²) in [5, 5.41) is 2.82. The van der Waals surface area contributed by atoms with Gasteiger partial charge in [-0.1, -0.05) is 12.1 Å². The van der Waals surface area contributed by atoms with Gasteiger partial charge in [0.25, 0.3) is 0 Å². The number of halogens is 1. The highest BCUT2D eigenvalue weighted by atomic mass is 19.1. The first-order valence-corrected chi connectivity index (χ1v) is 6.31. The monoisotopic (exact) mass is 271 g/mol. The molecule has 0 radical (unpaired) electrons. The molecule has 4 nitrogen and oxygen atoms in total. The molecule has 0 unspecified atom stereocenters. The molecular weight excluding hydrogens is 257 g/mol. The van der Waals surface area contributed by atoms with E-state index in [0.29, 0.717) is 17.8 Å². The summed E-state index contributed by atoms with van der Waals surface area (Å²) in [5.41, 5.74) is 8.74. The number of hydrogen-bond donors (Lipinski definition) is 2. The van der Waals surface area contributed by atoms with Crippen molar-refractivity contribution in [1.82, 2.24) is 0 Å². The molecule has 1 aliphatic heterocycles. The van der Waals surface area contributed by atoms with Crippen LogP contribution in [0.2, 0.25) is 0 Å². The number of anilines is 3. The molecule has 102 valence electrons. The van der Waals surface area contributed by atoms with Gasteiger partial charge in [-0.2, -0.15) is 0 Å². The van der Waals surface area contributed by atoms with Crippen molar-refractivity contribution in [3.8, 4) is 0 Å². The van der Waals surface area contributed by atoms with Crippen LogP contribution in [0.5, 0.6) is 0 Å². The van der Waals surface area contributed by atoms with Crippen molar-refractivity contribution in [2.75, 3.05) is 22.5 Å². The Morgan fingerprint density at radius 3 is 2.90 bits per heavy atom. The van der Waals surface area contributed by atoms with Gasteiger partial charge in [-0.05, 0) is 35.9 Å². The molecule has 2 aromatic rings. The van der Waals surface area contributed by atoms with E-state index in [1.54, 1.807) is 6.07 Å². The molecule has 0 atom stereocenters. The first kappa shape index (κ1) is 12.5. The number of rotatable bonds is 2. The summed E-state index contributed by atoms with van der Waals surface area (Å²) >= 11 is 0. The van der Waals surface area contributed by atoms with E-state index in [9.17, 15) is 9.18 Å². The topological polar surface area (TPSA) is 58.4 Å². The fraction of sp³-hybridized carbons (Fsp3) is 0.133. The maximum atomic E-state index is 13.3. The highest BCUT2D eigenvalue weighted by molar-refractivity contribution is 6.01. The lowest BCUT2D eigenvalue weighted by Crippen LogP contribution is -2.37. The van der Waals surface area contributed by atoms with Crippen molar-refractivity contribution in [2.24, 2.45) is 0 Å². The molecule has 0 saturated carbocycles. The van der Waals surface area contributed by atoms with Crippen LogP contribution in [-0.2, 0) is 11.3 Å². The van der Waals surface area contributed by atoms with Crippen molar-refractivity contribution < 1.29 is 9.18 Å². The number of nitrogens with one attached hydrogen (secondary N) is 1. The molecule has 3 N–H and O–H groups in total. The molecule has 1 heterocycles. The molecule has 3 rings (SSSR count). The molecule has 5 heteroatoms. The van der Waals surface area contributed by atoms with Crippen LogP contribution < -0.4 is 16.0 Å². The second kappa shape index (κ2) is 4.85. The molecular formula is C15H14FN3O. The summed E-state index contributed by atoms with van der Waals surface area (Å²) in [5.74, 6) is -0.414. The van der Waals surface area contributed by atoms with Crippen LogP contribution in [0.4, 0.5) is 21.5 Å². The highest BCUT2D eigenvalue weighted by Crippen LogP contribution is 2.30. The van der Waals surface area contributed by atoms with E-state index in [1.807, 2.05) is 29.2 Å². The molecule has 0 saturated heterocycles. The number of nitrogen functional groups attached to an aromatic ring is 1. The van der Waals surface area contributed by atoms with Crippen LogP contribution >= 0.6 is 0 Å². The number of nitrogens with two attached hydrogens (primary N) is 1. The molecule has 1 aliphatic rings. The van der Waals surface area contributed by atoms with Crippen molar-refractivity contribution in [3.63, 3.8) is 0 Å². The summed E-state index contributed by atoms with van der Waals surface area (Å²) in [6.07, 6.45) is 0.